The predicted octanol–water partition coefficient (Wildman–Crippen LogP) is 3.61. The third kappa shape index (κ3) is 4.13. The number of primary sulfonamides is 1. The van der Waals surface area contributed by atoms with Gasteiger partial charge in [-0.25, -0.2) is 13.6 Å². The zero-order valence-corrected chi connectivity index (χ0v) is 16.3. The van der Waals surface area contributed by atoms with Gasteiger partial charge in [-0.3, -0.25) is 4.79 Å². The molecule has 2 aromatic carbocycles. The van der Waals surface area contributed by atoms with Crippen LogP contribution < -0.4 is 9.88 Å². The van der Waals surface area contributed by atoms with E-state index in [1.54, 1.807) is 19.1 Å². The normalized spacial score (nSPS) is 12.5. The average Bonchev–Trinajstić information content (AvgIpc) is 3.10. The van der Waals surface area contributed by atoms with Crippen molar-refractivity contribution in [1.29, 1.82) is 0 Å². The van der Waals surface area contributed by atoms with Gasteiger partial charge in [-0.05, 0) is 24.1 Å². The molecule has 0 fully saturated rings. The van der Waals surface area contributed by atoms with Crippen LogP contribution in [0.3, 0.4) is 0 Å². The topological polar surface area (TPSA) is 112 Å². The number of sulfonamides is 1. The van der Waals surface area contributed by atoms with Gasteiger partial charge in [-0.2, -0.15) is 0 Å². The van der Waals surface area contributed by atoms with E-state index in [-0.39, 0.29) is 16.8 Å². The predicted molar refractivity (Wildman–Crippen MR) is 104 cm³/mol. The van der Waals surface area contributed by atoms with Gasteiger partial charge in [-0.15, -0.1) is 0 Å². The van der Waals surface area contributed by atoms with Gasteiger partial charge >= 0.3 is 11.9 Å². The van der Waals surface area contributed by atoms with Crippen molar-refractivity contribution in [3.63, 3.8) is 0 Å². The zero-order chi connectivity index (χ0) is 20.3. The molecule has 0 saturated carbocycles. The number of rotatable bonds is 6. The Balaban J connectivity index is 2.10. The van der Waals surface area contributed by atoms with E-state index in [1.165, 1.54) is 12.1 Å². The number of nitrogens with two attached hydrogens (primary N) is 1. The Labute approximate surface area is 163 Å². The van der Waals surface area contributed by atoms with E-state index in [0.717, 1.165) is 5.56 Å². The van der Waals surface area contributed by atoms with E-state index >= 15 is 0 Å². The fraction of sp³-hybridized carbons (Fsp3) is 0.200. The second-order valence-electron chi connectivity index (χ2n) is 6.36. The largest absolute Gasteiger partial charge is 0.390 e. The minimum atomic E-state index is -3.82. The molecule has 0 aliphatic carbocycles. The van der Waals surface area contributed by atoms with Crippen LogP contribution >= 0.6 is 0 Å². The number of carbonyl (C=O) groups is 1. The van der Waals surface area contributed by atoms with Crippen LogP contribution in [0.1, 0.15) is 20.3 Å². The molecule has 3 aromatic rings. The molecule has 0 aliphatic heterocycles. The molecule has 0 amide bonds. The summed E-state index contributed by atoms with van der Waals surface area (Å²) in [6.45, 7) is 3.64. The fourth-order valence-electron chi connectivity index (χ4n) is 2.56. The van der Waals surface area contributed by atoms with Gasteiger partial charge in [0, 0.05) is 5.56 Å². The molecule has 1 atom stereocenters. The average molecular weight is 400 g/mol. The van der Waals surface area contributed by atoms with Gasteiger partial charge in [0.25, 0.3) is 0 Å². The van der Waals surface area contributed by atoms with E-state index in [0.29, 0.717) is 23.2 Å². The summed E-state index contributed by atoms with van der Waals surface area (Å²) in [5.74, 6) is -0.768. The van der Waals surface area contributed by atoms with Crippen molar-refractivity contribution in [2.75, 3.05) is 0 Å². The molecule has 1 unspecified atom stereocenters. The third-order valence-corrected chi connectivity index (χ3v) is 5.32. The van der Waals surface area contributed by atoms with Gasteiger partial charge in [0.1, 0.15) is 5.69 Å². The third-order valence-electron chi connectivity index (χ3n) is 4.39. The lowest BCUT2D eigenvalue weighted by Gasteiger charge is -2.09. The molecule has 0 aliphatic rings. The molecule has 28 heavy (non-hydrogen) atoms. The number of carbonyl (C=O) groups excluding carboxylic acids is 1. The van der Waals surface area contributed by atoms with E-state index < -0.39 is 16.0 Å². The quantitative estimate of drug-likeness (QED) is 0.633. The molecular weight excluding hydrogens is 380 g/mol. The molecule has 1 heterocycles. The molecule has 7 nitrogen and oxygen atoms in total. The molecule has 2 N–H and O–H groups in total. The highest BCUT2D eigenvalue weighted by Gasteiger charge is 2.25. The minimum Gasteiger partial charge on any atom is -0.390 e. The summed E-state index contributed by atoms with van der Waals surface area (Å²) < 4.78 is 33.8. The molecule has 0 saturated heterocycles. The first kappa shape index (κ1) is 19.8. The highest BCUT2D eigenvalue weighted by Crippen LogP contribution is 2.39. The van der Waals surface area contributed by atoms with Crippen LogP contribution in [0.4, 0.5) is 0 Å². The lowest BCUT2D eigenvalue weighted by Crippen LogP contribution is -2.17. The summed E-state index contributed by atoms with van der Waals surface area (Å²) in [7, 11) is -3.82. The van der Waals surface area contributed by atoms with Crippen molar-refractivity contribution in [2.45, 2.75) is 25.2 Å². The van der Waals surface area contributed by atoms with Crippen LogP contribution in [0.2, 0.25) is 0 Å². The van der Waals surface area contributed by atoms with Crippen LogP contribution in [0.5, 0.6) is 5.95 Å². The van der Waals surface area contributed by atoms with Crippen molar-refractivity contribution >= 4 is 16.0 Å². The highest BCUT2D eigenvalue weighted by atomic mass is 32.2. The van der Waals surface area contributed by atoms with Crippen LogP contribution in [0.25, 0.3) is 22.4 Å². The van der Waals surface area contributed by atoms with E-state index in [4.69, 9.17) is 14.4 Å². The van der Waals surface area contributed by atoms with E-state index in [1.807, 2.05) is 37.3 Å². The standard InChI is InChI=1S/C20H20N2O5S/c1-3-13(2)19(23)26-20-17(14-9-11-16(12-10-14)28(21,24)25)18(22-27-20)15-7-5-4-6-8-15/h4-13H,3H2,1-2H3,(H2,21,24,25). The van der Waals surface area contributed by atoms with Crippen molar-refractivity contribution in [3.05, 3.63) is 54.6 Å². The maximum Gasteiger partial charge on any atom is 0.327 e. The molecule has 0 radical (unpaired) electrons. The monoisotopic (exact) mass is 400 g/mol. The Kier molecular flexibility index (Phi) is 5.62. The number of esters is 1. The lowest BCUT2D eigenvalue weighted by atomic mass is 10.0. The molecule has 146 valence electrons. The summed E-state index contributed by atoms with van der Waals surface area (Å²) in [5.41, 5.74) is 2.29. The first-order valence-electron chi connectivity index (χ1n) is 8.71. The summed E-state index contributed by atoms with van der Waals surface area (Å²) >= 11 is 0. The molecular formula is C20H20N2O5S. The Morgan fingerprint density at radius 2 is 1.75 bits per heavy atom. The summed E-state index contributed by atoms with van der Waals surface area (Å²) in [4.78, 5) is 12.2. The zero-order valence-electron chi connectivity index (χ0n) is 15.5. The summed E-state index contributed by atoms with van der Waals surface area (Å²) in [6, 6.07) is 15.2. The Morgan fingerprint density at radius 3 is 2.32 bits per heavy atom. The maximum atomic E-state index is 12.3. The number of aromatic nitrogens is 1. The number of hydrogen-bond donors (Lipinski definition) is 1. The van der Waals surface area contributed by atoms with Gasteiger partial charge in [-0.1, -0.05) is 61.5 Å². The van der Waals surface area contributed by atoms with Crippen LogP contribution in [-0.2, 0) is 14.8 Å². The molecule has 1 aromatic heterocycles. The number of hydrogen-bond acceptors (Lipinski definition) is 6. The molecule has 0 bridgehead atoms. The van der Waals surface area contributed by atoms with Crippen molar-refractivity contribution in [2.24, 2.45) is 11.1 Å². The van der Waals surface area contributed by atoms with Gasteiger partial charge < -0.3 is 9.26 Å². The smallest absolute Gasteiger partial charge is 0.327 e. The number of benzene rings is 2. The molecule has 3 rings (SSSR count). The van der Waals surface area contributed by atoms with Crippen LogP contribution in [0.15, 0.2) is 64.0 Å². The number of nitrogens with zero attached hydrogens (tertiary/aromatic N) is 1. The summed E-state index contributed by atoms with van der Waals surface area (Å²) in [6.07, 6.45) is 0.622. The Morgan fingerprint density at radius 1 is 1.11 bits per heavy atom. The van der Waals surface area contributed by atoms with Crippen LogP contribution in [-0.4, -0.2) is 19.5 Å². The number of ether oxygens (including phenoxy) is 1. The first-order chi connectivity index (χ1) is 13.3. The van der Waals surface area contributed by atoms with Gasteiger partial charge in [0.2, 0.25) is 10.0 Å². The molecule has 0 spiro atoms. The fourth-order valence-corrected chi connectivity index (χ4v) is 3.08. The Hall–Kier alpha value is -2.97. The molecule has 8 heteroatoms. The maximum absolute atomic E-state index is 12.3. The van der Waals surface area contributed by atoms with Crippen LogP contribution in [0, 0.1) is 5.92 Å². The van der Waals surface area contributed by atoms with Crippen molar-refractivity contribution in [3.8, 4) is 28.3 Å². The van der Waals surface area contributed by atoms with E-state index in [2.05, 4.69) is 5.16 Å². The van der Waals surface area contributed by atoms with Crippen molar-refractivity contribution < 1.29 is 22.5 Å². The SMILES string of the molecule is CCC(C)C(=O)Oc1onc(-c2ccccc2)c1-c1ccc(S(N)(=O)=O)cc1. The minimum absolute atomic E-state index is 0.0212. The van der Waals surface area contributed by atoms with Gasteiger partial charge in [0.15, 0.2) is 0 Å². The second kappa shape index (κ2) is 7.95. The Bertz CT molecular complexity index is 1070. The van der Waals surface area contributed by atoms with Gasteiger partial charge in [0.05, 0.1) is 16.4 Å². The summed E-state index contributed by atoms with van der Waals surface area (Å²) in [5, 5.41) is 9.24. The van der Waals surface area contributed by atoms with E-state index in [9.17, 15) is 13.2 Å². The van der Waals surface area contributed by atoms with Crippen molar-refractivity contribution in [1.82, 2.24) is 5.16 Å². The first-order valence-corrected chi connectivity index (χ1v) is 10.3. The second-order valence-corrected chi connectivity index (χ2v) is 7.92. The highest BCUT2D eigenvalue weighted by molar-refractivity contribution is 7.89. The lowest BCUT2D eigenvalue weighted by molar-refractivity contribution is -0.139.